The quantitative estimate of drug-likeness (QED) is 0.0429. The van der Waals surface area contributed by atoms with Gasteiger partial charge in [-0.05, 0) is 87.7 Å². The maximum Gasteiger partial charge on any atom is 0.326 e. The Morgan fingerprint density at radius 3 is 1.60 bits per heavy atom. The fourth-order valence-electron chi connectivity index (χ4n) is 10.6. The molecule has 2 saturated heterocycles. The fraction of sp³-hybridized carbons (Fsp3) is 0.667. The van der Waals surface area contributed by atoms with Gasteiger partial charge in [0.25, 0.3) is 0 Å². The van der Waals surface area contributed by atoms with Gasteiger partial charge in [0.1, 0.15) is 23.7 Å². The van der Waals surface area contributed by atoms with Gasteiger partial charge in [-0.15, -0.1) is 0 Å². The van der Waals surface area contributed by atoms with Crippen molar-refractivity contribution in [2.75, 3.05) is 96.5 Å². The summed E-state index contributed by atoms with van der Waals surface area (Å²) in [7, 11) is 0. The standard InChI is InChI=1S/C57H87N11O18/c69-47(58-23-8-7-11-43(54(82)83)59-57(86)60-44(55(84)85)19-20-49(72)73)13-6-4-2-1-3-5-12-45-61-46(63-56(62-45)67-24-21-39(22-25-67)10-9-14-48(70)71)33-41-17-15-40(16-18-41)32-42-34-66(37-52(78)79)29-28-64(35-50(74)75)26-27-65(36-51(76)77)30-31-68(42)38-53(80)81/h15-18,39,42-44H,1-14,19-38H2,(H,58,69)(H,70,71)(H,72,73)(H,74,75)(H,76,77)(H,78,79)(H,80,81)(H,82,83)(H,84,85)(H2,59,60,86)/t42?,43-,44-/m0/s1. The van der Waals surface area contributed by atoms with Crippen LogP contribution in [0.4, 0.5) is 10.7 Å². The zero-order valence-electron chi connectivity index (χ0n) is 48.9. The number of amides is 3. The molecule has 3 heterocycles. The molecule has 2 aliphatic heterocycles. The van der Waals surface area contributed by atoms with Crippen molar-refractivity contribution in [3.63, 3.8) is 0 Å². The van der Waals surface area contributed by atoms with Crippen molar-refractivity contribution in [3.05, 3.63) is 47.0 Å². The molecular weight excluding hydrogens is 1130 g/mol. The summed E-state index contributed by atoms with van der Waals surface area (Å²) < 4.78 is 0. The summed E-state index contributed by atoms with van der Waals surface area (Å²) in [5, 5.41) is 83.1. The third kappa shape index (κ3) is 29.5. The minimum Gasteiger partial charge on any atom is -0.481 e. The monoisotopic (exact) mass is 1210 g/mol. The van der Waals surface area contributed by atoms with Gasteiger partial charge in [-0.2, -0.15) is 9.97 Å². The van der Waals surface area contributed by atoms with Gasteiger partial charge in [0.05, 0.1) is 26.2 Å². The average Bonchev–Trinajstić information content (AvgIpc) is 3.64. The number of unbranched alkanes of at least 4 members (excludes halogenated alkanes) is 6. The number of aliphatic carboxylic acids is 8. The van der Waals surface area contributed by atoms with E-state index in [1.807, 2.05) is 24.3 Å². The van der Waals surface area contributed by atoms with Gasteiger partial charge in [0.2, 0.25) is 11.9 Å². The van der Waals surface area contributed by atoms with Crippen LogP contribution in [-0.2, 0) is 62.4 Å². The Balaban J connectivity index is 1.34. The van der Waals surface area contributed by atoms with Gasteiger partial charge in [-0.1, -0.05) is 49.9 Å². The van der Waals surface area contributed by atoms with E-state index in [-0.39, 0.29) is 97.2 Å². The number of carbonyl (C=O) groups is 10. The third-order valence-electron chi connectivity index (χ3n) is 15.2. The first-order valence-electron chi connectivity index (χ1n) is 29.6. The van der Waals surface area contributed by atoms with Crippen LogP contribution in [0.2, 0.25) is 0 Å². The Morgan fingerprint density at radius 2 is 1.02 bits per heavy atom. The Hall–Kier alpha value is -7.63. The molecule has 1 aromatic heterocycles. The summed E-state index contributed by atoms with van der Waals surface area (Å²) in [5.74, 6) is -7.15. The second-order valence-electron chi connectivity index (χ2n) is 22.2. The number of carbonyl (C=O) groups excluding carboxylic acids is 2. The van der Waals surface area contributed by atoms with E-state index in [9.17, 15) is 78.6 Å². The molecule has 2 aliphatic rings. The topological polar surface area (TPSA) is 424 Å². The highest BCUT2D eigenvalue weighted by Crippen LogP contribution is 2.26. The molecule has 29 heteroatoms. The number of aryl methyl sites for hydroxylation is 1. The number of hydrogen-bond donors (Lipinski definition) is 11. The molecule has 29 nitrogen and oxygen atoms in total. The zero-order valence-corrected chi connectivity index (χ0v) is 48.9. The largest absolute Gasteiger partial charge is 0.481 e. The number of carboxylic acid groups (broad SMARTS) is 8. The van der Waals surface area contributed by atoms with Gasteiger partial charge < -0.3 is 61.7 Å². The Bertz CT molecular complexity index is 2540. The van der Waals surface area contributed by atoms with Crippen molar-refractivity contribution in [3.8, 4) is 0 Å². The highest BCUT2D eigenvalue weighted by atomic mass is 16.4. The lowest BCUT2D eigenvalue weighted by Gasteiger charge is -2.37. The van der Waals surface area contributed by atoms with Crippen molar-refractivity contribution in [1.29, 1.82) is 0 Å². The first kappa shape index (κ1) is 70.9. The molecule has 2 fully saturated rings. The normalized spacial score (nSPS) is 16.8. The van der Waals surface area contributed by atoms with Crippen LogP contribution < -0.4 is 20.9 Å². The predicted molar refractivity (Wildman–Crippen MR) is 309 cm³/mol. The number of urea groups is 1. The van der Waals surface area contributed by atoms with Gasteiger partial charge >= 0.3 is 53.8 Å². The van der Waals surface area contributed by atoms with Crippen molar-refractivity contribution in [2.24, 2.45) is 5.92 Å². The maximum atomic E-state index is 12.5. The second-order valence-corrected chi connectivity index (χ2v) is 22.2. The fourth-order valence-corrected chi connectivity index (χ4v) is 10.6. The molecule has 0 spiro atoms. The number of nitrogens with zero attached hydrogens (tertiary/aromatic N) is 8. The van der Waals surface area contributed by atoms with Crippen LogP contribution in [0.15, 0.2) is 24.3 Å². The number of aromatic nitrogens is 3. The molecule has 3 amide bonds. The molecule has 0 saturated carbocycles. The summed E-state index contributed by atoms with van der Waals surface area (Å²) in [6, 6.07) is 3.32. The first-order valence-corrected chi connectivity index (χ1v) is 29.6. The molecular formula is C57H87N11O18. The summed E-state index contributed by atoms with van der Waals surface area (Å²) in [6.45, 7) is 1.52. The van der Waals surface area contributed by atoms with Crippen LogP contribution in [-0.4, -0.2) is 245 Å². The summed E-state index contributed by atoms with van der Waals surface area (Å²) in [5.41, 5.74) is 1.74. The van der Waals surface area contributed by atoms with E-state index in [1.165, 1.54) is 0 Å². The molecule has 478 valence electrons. The first-order chi connectivity index (χ1) is 41.0. The van der Waals surface area contributed by atoms with E-state index < -0.39 is 78.3 Å². The van der Waals surface area contributed by atoms with Gasteiger partial charge in [0.15, 0.2) is 0 Å². The van der Waals surface area contributed by atoms with Crippen LogP contribution in [0, 0.1) is 5.92 Å². The molecule has 2 aromatic rings. The van der Waals surface area contributed by atoms with E-state index in [0.717, 1.165) is 62.5 Å². The lowest BCUT2D eigenvalue weighted by molar-refractivity contribution is -0.142. The molecule has 86 heavy (non-hydrogen) atoms. The van der Waals surface area contributed by atoms with E-state index in [0.29, 0.717) is 94.5 Å². The van der Waals surface area contributed by atoms with E-state index in [1.54, 1.807) is 19.6 Å². The highest BCUT2D eigenvalue weighted by Gasteiger charge is 2.29. The van der Waals surface area contributed by atoms with Crippen molar-refractivity contribution in [2.45, 2.75) is 147 Å². The lowest BCUT2D eigenvalue weighted by Crippen LogP contribution is -2.53. The molecule has 0 aliphatic carbocycles. The van der Waals surface area contributed by atoms with Crippen molar-refractivity contribution < 1.29 is 88.8 Å². The van der Waals surface area contributed by atoms with Gasteiger partial charge in [-0.25, -0.2) is 19.4 Å². The molecule has 11 N–H and O–H groups in total. The number of anilines is 1. The summed E-state index contributed by atoms with van der Waals surface area (Å²) >= 11 is 0. The molecule has 3 atom stereocenters. The number of benzene rings is 1. The number of rotatable bonds is 38. The SMILES string of the molecule is O=C(O)CCCC1CCN(c2nc(CCCCCCCCC(=O)NCCCC[C@H](NC(=O)N[C@@H](CCC(=O)O)C(=O)O)C(=O)O)nc(Cc3ccc(CC4CN(CC(=O)O)CCN(CC(=O)O)CCN(CC(=O)O)CCN4CC(=O)O)cc3)n2)CC1. The predicted octanol–water partition coefficient (Wildman–Crippen LogP) is 2.03. The highest BCUT2D eigenvalue weighted by molar-refractivity contribution is 5.86. The zero-order chi connectivity index (χ0) is 63.0. The minimum atomic E-state index is -1.51. The third-order valence-corrected chi connectivity index (χ3v) is 15.2. The number of nitrogens with one attached hydrogen (secondary N) is 3. The molecule has 0 bridgehead atoms. The number of piperidine rings is 1. The maximum absolute atomic E-state index is 12.5. The van der Waals surface area contributed by atoms with E-state index in [4.69, 9.17) is 25.2 Å². The average molecular weight is 1210 g/mol. The Morgan fingerprint density at radius 1 is 0.500 bits per heavy atom. The molecule has 4 rings (SSSR count). The van der Waals surface area contributed by atoms with Crippen LogP contribution in [0.25, 0.3) is 0 Å². The van der Waals surface area contributed by atoms with Crippen LogP contribution in [0.1, 0.15) is 132 Å². The Kier molecular flexibility index (Phi) is 31.7. The van der Waals surface area contributed by atoms with Gasteiger partial charge in [0, 0.05) is 104 Å². The van der Waals surface area contributed by atoms with Gasteiger partial charge in [-0.3, -0.25) is 53.2 Å². The van der Waals surface area contributed by atoms with E-state index in [2.05, 4.69) is 20.9 Å². The van der Waals surface area contributed by atoms with Crippen LogP contribution in [0.5, 0.6) is 0 Å². The second kappa shape index (κ2) is 38.4. The number of hydrogen-bond acceptors (Lipinski definition) is 18. The van der Waals surface area contributed by atoms with Crippen molar-refractivity contribution in [1.82, 2.24) is 50.5 Å². The Labute approximate surface area is 499 Å². The smallest absolute Gasteiger partial charge is 0.326 e. The van der Waals surface area contributed by atoms with Crippen LogP contribution in [0.3, 0.4) is 0 Å². The molecule has 0 radical (unpaired) electrons. The molecule has 1 aromatic carbocycles. The minimum absolute atomic E-state index is 0.0145. The van der Waals surface area contributed by atoms with E-state index >= 15 is 0 Å². The lowest BCUT2D eigenvalue weighted by atomic mass is 9.92. The van der Waals surface area contributed by atoms with Crippen molar-refractivity contribution >= 4 is 65.6 Å². The number of carboxylic acids is 8. The summed E-state index contributed by atoms with van der Waals surface area (Å²) in [4.78, 5) is 141. The molecule has 1 unspecified atom stereocenters. The summed E-state index contributed by atoms with van der Waals surface area (Å²) in [6.07, 6.45) is 9.88. The van der Waals surface area contributed by atoms with Crippen LogP contribution >= 0.6 is 0 Å².